The Morgan fingerprint density at radius 3 is 2.56 bits per heavy atom. The van der Waals surface area contributed by atoms with Gasteiger partial charge < -0.3 is 19.9 Å². The molecular formula is C24H27N5O5. The highest BCUT2D eigenvalue weighted by atomic mass is 16.6. The zero-order valence-corrected chi connectivity index (χ0v) is 19.5. The molecule has 0 atom stereocenters. The van der Waals surface area contributed by atoms with Crippen LogP contribution >= 0.6 is 0 Å². The van der Waals surface area contributed by atoms with Crippen molar-refractivity contribution in [2.75, 3.05) is 7.05 Å². The largest absolute Gasteiger partial charge is 0.443 e. The number of fused-ring (bicyclic) bond motifs is 1. The van der Waals surface area contributed by atoms with E-state index in [9.17, 15) is 19.2 Å². The number of nitrogens with zero attached hydrogens (tertiary/aromatic N) is 3. The Kier molecular flexibility index (Phi) is 5.99. The predicted molar refractivity (Wildman–Crippen MR) is 125 cm³/mol. The Balaban J connectivity index is 1.78. The number of rotatable bonds is 5. The first-order chi connectivity index (χ1) is 16.1. The predicted octanol–water partition coefficient (Wildman–Crippen LogP) is 2.28. The lowest BCUT2D eigenvalue weighted by Crippen LogP contribution is -2.34. The number of nitrogens with one attached hydrogen (secondary N) is 2. The Labute approximate surface area is 195 Å². The summed E-state index contributed by atoms with van der Waals surface area (Å²) >= 11 is 0. The lowest BCUT2D eigenvalue weighted by Gasteiger charge is -2.19. The maximum absolute atomic E-state index is 13.1. The van der Waals surface area contributed by atoms with E-state index in [2.05, 4.69) is 15.6 Å². The van der Waals surface area contributed by atoms with Crippen molar-refractivity contribution in [3.8, 4) is 0 Å². The lowest BCUT2D eigenvalue weighted by molar-refractivity contribution is 0.0543. The van der Waals surface area contributed by atoms with Gasteiger partial charge in [0.25, 0.3) is 17.4 Å². The molecular weight excluding hydrogens is 438 g/mol. The molecule has 1 aliphatic rings. The van der Waals surface area contributed by atoms with E-state index >= 15 is 0 Å². The van der Waals surface area contributed by atoms with Gasteiger partial charge in [0, 0.05) is 37.1 Å². The molecule has 1 saturated carbocycles. The maximum Gasteiger partial charge on any atom is 0.420 e. The van der Waals surface area contributed by atoms with E-state index in [1.165, 1.54) is 28.4 Å². The summed E-state index contributed by atoms with van der Waals surface area (Å²) in [5.41, 5.74) is -0.193. The minimum absolute atomic E-state index is 0.0192. The molecule has 34 heavy (non-hydrogen) atoms. The summed E-state index contributed by atoms with van der Waals surface area (Å²) in [5.74, 6) is -0.933. The molecule has 0 radical (unpaired) electrons. The van der Waals surface area contributed by atoms with Gasteiger partial charge in [0.1, 0.15) is 16.8 Å². The van der Waals surface area contributed by atoms with Crippen molar-refractivity contribution in [2.24, 2.45) is 0 Å². The van der Waals surface area contributed by atoms with Crippen molar-refractivity contribution in [1.29, 1.82) is 0 Å². The standard InChI is InChI=1S/C24H27N5O5/c1-24(2,3)34-23(33)29-13-15(17-6-5-9-26-19(17)29)12-28-11-14(20(30)27-16-7-8-16)10-18(22(28)32)21(31)25-4/h5-6,9-11,13,16H,7-8,12H2,1-4H3,(H,25,31)(H,27,30). The van der Waals surface area contributed by atoms with E-state index in [-0.39, 0.29) is 29.6 Å². The van der Waals surface area contributed by atoms with Crippen molar-refractivity contribution >= 4 is 28.9 Å². The summed E-state index contributed by atoms with van der Waals surface area (Å²) in [4.78, 5) is 55.2. The van der Waals surface area contributed by atoms with Crippen LogP contribution in [-0.4, -0.2) is 50.7 Å². The fraction of sp³-hybridized carbons (Fsp3) is 0.375. The summed E-state index contributed by atoms with van der Waals surface area (Å²) in [6.07, 6.45) is 5.77. The van der Waals surface area contributed by atoms with Crippen molar-refractivity contribution < 1.29 is 19.1 Å². The second-order valence-corrected chi connectivity index (χ2v) is 9.28. The summed E-state index contributed by atoms with van der Waals surface area (Å²) in [7, 11) is 1.42. The SMILES string of the molecule is CNC(=O)c1cc(C(=O)NC2CC2)cn(Cc2cn(C(=O)OC(C)(C)C)c3ncccc23)c1=O. The second kappa shape index (κ2) is 8.77. The smallest absolute Gasteiger partial charge is 0.420 e. The first-order valence-corrected chi connectivity index (χ1v) is 11.0. The number of hydrogen-bond acceptors (Lipinski definition) is 6. The highest BCUT2D eigenvalue weighted by Crippen LogP contribution is 2.22. The Bertz CT molecular complexity index is 1340. The summed E-state index contributed by atoms with van der Waals surface area (Å²) < 4.78 is 8.08. The van der Waals surface area contributed by atoms with Crippen LogP contribution in [0.1, 0.15) is 59.9 Å². The summed E-state index contributed by atoms with van der Waals surface area (Å²) in [6, 6.07) is 4.94. The van der Waals surface area contributed by atoms with E-state index in [0.29, 0.717) is 16.6 Å². The van der Waals surface area contributed by atoms with Crippen LogP contribution in [0, 0.1) is 0 Å². The third-order valence-corrected chi connectivity index (χ3v) is 5.31. The fourth-order valence-electron chi connectivity index (χ4n) is 3.56. The number of ether oxygens (including phenoxy) is 1. The Morgan fingerprint density at radius 1 is 1.18 bits per heavy atom. The van der Waals surface area contributed by atoms with Crippen LogP contribution in [0.4, 0.5) is 4.79 Å². The van der Waals surface area contributed by atoms with Gasteiger partial charge in [-0.05, 0) is 57.4 Å². The van der Waals surface area contributed by atoms with Crippen molar-refractivity contribution in [1.82, 2.24) is 24.8 Å². The molecule has 3 heterocycles. The van der Waals surface area contributed by atoms with Gasteiger partial charge in [0.15, 0.2) is 0 Å². The first-order valence-electron chi connectivity index (χ1n) is 11.0. The molecule has 0 spiro atoms. The van der Waals surface area contributed by atoms with E-state index in [1.807, 2.05) is 0 Å². The average molecular weight is 466 g/mol. The van der Waals surface area contributed by atoms with Crippen LogP contribution in [0.3, 0.4) is 0 Å². The zero-order valence-electron chi connectivity index (χ0n) is 19.5. The van der Waals surface area contributed by atoms with Crippen molar-refractivity contribution in [3.63, 3.8) is 0 Å². The van der Waals surface area contributed by atoms with Crippen molar-refractivity contribution in [2.45, 2.75) is 51.8 Å². The molecule has 1 aliphatic carbocycles. The Hall–Kier alpha value is -3.95. The van der Waals surface area contributed by atoms with Crippen LogP contribution in [0.25, 0.3) is 11.0 Å². The number of aromatic nitrogens is 3. The van der Waals surface area contributed by atoms with Gasteiger partial charge in [-0.3, -0.25) is 14.4 Å². The summed E-state index contributed by atoms with van der Waals surface area (Å²) in [5, 5.41) is 5.97. The first kappa shape index (κ1) is 23.2. The monoisotopic (exact) mass is 465 g/mol. The van der Waals surface area contributed by atoms with Crippen LogP contribution in [0.2, 0.25) is 0 Å². The highest BCUT2D eigenvalue weighted by Gasteiger charge is 2.26. The second-order valence-electron chi connectivity index (χ2n) is 9.28. The van der Waals surface area contributed by atoms with Crippen LogP contribution < -0.4 is 16.2 Å². The van der Waals surface area contributed by atoms with Gasteiger partial charge in [-0.25, -0.2) is 14.3 Å². The molecule has 1 fully saturated rings. The zero-order chi connectivity index (χ0) is 24.6. The number of hydrogen-bond donors (Lipinski definition) is 2. The normalized spacial score (nSPS) is 13.5. The van der Waals surface area contributed by atoms with Gasteiger partial charge in [-0.2, -0.15) is 0 Å². The van der Waals surface area contributed by atoms with Crippen molar-refractivity contribution in [3.05, 3.63) is 63.8 Å². The van der Waals surface area contributed by atoms with Gasteiger partial charge >= 0.3 is 6.09 Å². The topological polar surface area (TPSA) is 124 Å². The molecule has 2 amide bonds. The lowest BCUT2D eigenvalue weighted by atomic mass is 10.1. The quantitative estimate of drug-likeness (QED) is 0.596. The molecule has 0 bridgehead atoms. The molecule has 4 rings (SSSR count). The van der Waals surface area contributed by atoms with E-state index < -0.39 is 23.2 Å². The van der Waals surface area contributed by atoms with E-state index in [0.717, 1.165) is 12.8 Å². The molecule has 10 heteroatoms. The molecule has 2 N–H and O–H groups in total. The molecule has 3 aromatic rings. The fourth-order valence-corrected chi connectivity index (χ4v) is 3.56. The molecule has 0 unspecified atom stereocenters. The molecule has 10 nitrogen and oxygen atoms in total. The molecule has 0 aliphatic heterocycles. The number of carbonyl (C=O) groups excluding carboxylic acids is 3. The van der Waals surface area contributed by atoms with Crippen LogP contribution in [-0.2, 0) is 11.3 Å². The van der Waals surface area contributed by atoms with Gasteiger partial charge in [0.05, 0.1) is 12.1 Å². The van der Waals surface area contributed by atoms with Gasteiger partial charge in [0.2, 0.25) is 0 Å². The molecule has 0 aromatic carbocycles. The van der Waals surface area contributed by atoms with E-state index in [4.69, 9.17) is 4.74 Å². The molecule has 0 saturated heterocycles. The van der Waals surface area contributed by atoms with Gasteiger partial charge in [-0.1, -0.05) is 0 Å². The molecule has 178 valence electrons. The minimum Gasteiger partial charge on any atom is -0.443 e. The minimum atomic E-state index is -0.703. The third-order valence-electron chi connectivity index (χ3n) is 5.31. The highest BCUT2D eigenvalue weighted by molar-refractivity contribution is 5.99. The number of amides is 2. The van der Waals surface area contributed by atoms with Crippen LogP contribution in [0.5, 0.6) is 0 Å². The Morgan fingerprint density at radius 2 is 1.91 bits per heavy atom. The number of carbonyl (C=O) groups is 3. The third kappa shape index (κ3) is 4.85. The average Bonchev–Trinajstić information content (AvgIpc) is 3.52. The maximum atomic E-state index is 13.1. The van der Waals surface area contributed by atoms with E-state index in [1.54, 1.807) is 45.3 Å². The number of pyridine rings is 2. The molecule has 3 aromatic heterocycles. The van der Waals surface area contributed by atoms with Gasteiger partial charge in [-0.15, -0.1) is 0 Å². The summed E-state index contributed by atoms with van der Waals surface area (Å²) in [6.45, 7) is 5.32. The van der Waals surface area contributed by atoms with Crippen LogP contribution in [0.15, 0.2) is 41.6 Å².